The maximum atomic E-state index is 5.62. The summed E-state index contributed by atoms with van der Waals surface area (Å²) in [4.78, 5) is 5.11. The molecular formula is C11H23N3. The van der Waals surface area contributed by atoms with E-state index in [0.29, 0.717) is 0 Å². The van der Waals surface area contributed by atoms with Gasteiger partial charge in [0.25, 0.3) is 0 Å². The first-order chi connectivity index (χ1) is 6.81. The number of rotatable bonds is 5. The zero-order chi connectivity index (χ0) is 9.97. The van der Waals surface area contributed by atoms with E-state index in [0.717, 1.165) is 25.2 Å². The van der Waals surface area contributed by atoms with Crippen molar-refractivity contribution in [1.29, 1.82) is 0 Å². The Kier molecular flexibility index (Phi) is 3.42. The molecule has 0 bridgehead atoms. The second-order valence-corrected chi connectivity index (χ2v) is 4.79. The van der Waals surface area contributed by atoms with E-state index in [1.54, 1.807) is 0 Å². The largest absolute Gasteiger partial charge is 0.329 e. The summed E-state index contributed by atoms with van der Waals surface area (Å²) in [5.41, 5.74) is 5.62. The van der Waals surface area contributed by atoms with Gasteiger partial charge in [-0.3, -0.25) is 4.90 Å². The first-order valence-corrected chi connectivity index (χ1v) is 5.95. The third kappa shape index (κ3) is 2.47. The van der Waals surface area contributed by atoms with E-state index >= 15 is 0 Å². The molecule has 1 atom stereocenters. The van der Waals surface area contributed by atoms with Gasteiger partial charge in [-0.05, 0) is 39.3 Å². The Hall–Kier alpha value is -0.120. The van der Waals surface area contributed by atoms with Crippen molar-refractivity contribution in [1.82, 2.24) is 9.80 Å². The van der Waals surface area contributed by atoms with Crippen molar-refractivity contribution in [2.45, 2.75) is 37.8 Å². The van der Waals surface area contributed by atoms with Gasteiger partial charge in [-0.25, -0.2) is 0 Å². The third-order valence-electron chi connectivity index (χ3n) is 3.58. The highest BCUT2D eigenvalue weighted by atomic mass is 15.2. The van der Waals surface area contributed by atoms with Gasteiger partial charge >= 0.3 is 0 Å². The van der Waals surface area contributed by atoms with Crippen molar-refractivity contribution in [3.8, 4) is 0 Å². The maximum Gasteiger partial charge on any atom is 0.0224 e. The van der Waals surface area contributed by atoms with E-state index in [1.807, 2.05) is 0 Å². The second-order valence-electron chi connectivity index (χ2n) is 4.79. The van der Waals surface area contributed by atoms with Gasteiger partial charge in [0.1, 0.15) is 0 Å². The van der Waals surface area contributed by atoms with Crippen LogP contribution in [0.3, 0.4) is 0 Å². The summed E-state index contributed by atoms with van der Waals surface area (Å²) in [6.45, 7) is 4.41. The molecule has 1 unspecified atom stereocenters. The van der Waals surface area contributed by atoms with Crippen LogP contribution in [0.15, 0.2) is 0 Å². The van der Waals surface area contributed by atoms with E-state index in [-0.39, 0.29) is 0 Å². The molecule has 0 aromatic carbocycles. The number of likely N-dealkylation sites (tertiary alicyclic amines) is 1. The molecule has 3 heteroatoms. The van der Waals surface area contributed by atoms with E-state index in [2.05, 4.69) is 16.8 Å². The molecule has 1 aliphatic heterocycles. The smallest absolute Gasteiger partial charge is 0.0224 e. The minimum Gasteiger partial charge on any atom is -0.329 e. The fourth-order valence-corrected chi connectivity index (χ4v) is 2.56. The van der Waals surface area contributed by atoms with Crippen LogP contribution in [0, 0.1) is 0 Å². The van der Waals surface area contributed by atoms with Crippen LogP contribution in [0.25, 0.3) is 0 Å². The molecule has 2 rings (SSSR count). The Morgan fingerprint density at radius 2 is 2.14 bits per heavy atom. The monoisotopic (exact) mass is 197 g/mol. The highest BCUT2D eigenvalue weighted by Gasteiger charge is 2.31. The molecule has 1 saturated heterocycles. The van der Waals surface area contributed by atoms with Crippen LogP contribution < -0.4 is 5.73 Å². The fraction of sp³-hybridized carbons (Fsp3) is 1.00. The van der Waals surface area contributed by atoms with Crippen LogP contribution in [0.5, 0.6) is 0 Å². The quantitative estimate of drug-likeness (QED) is 0.697. The minimum atomic E-state index is 0.782. The number of nitrogens with zero attached hydrogens (tertiary/aromatic N) is 2. The zero-order valence-corrected chi connectivity index (χ0v) is 9.28. The molecule has 0 aromatic heterocycles. The van der Waals surface area contributed by atoms with Gasteiger partial charge < -0.3 is 10.6 Å². The van der Waals surface area contributed by atoms with Gasteiger partial charge in [0.15, 0.2) is 0 Å². The molecule has 14 heavy (non-hydrogen) atoms. The molecule has 2 aliphatic rings. The average molecular weight is 197 g/mol. The van der Waals surface area contributed by atoms with Crippen LogP contribution in [0.4, 0.5) is 0 Å². The number of hydrogen-bond donors (Lipinski definition) is 1. The highest BCUT2D eigenvalue weighted by Crippen LogP contribution is 2.27. The SMILES string of the molecule is CN(CC1CCCN1CCN)C1CC1. The summed E-state index contributed by atoms with van der Waals surface area (Å²) in [5, 5.41) is 0. The summed E-state index contributed by atoms with van der Waals surface area (Å²) in [6.07, 6.45) is 5.57. The molecule has 3 nitrogen and oxygen atoms in total. The number of likely N-dealkylation sites (N-methyl/N-ethyl adjacent to an activating group) is 1. The Morgan fingerprint density at radius 1 is 1.36 bits per heavy atom. The summed E-state index contributed by atoms with van der Waals surface area (Å²) in [6, 6.07) is 1.68. The van der Waals surface area contributed by atoms with Crippen molar-refractivity contribution in [3.05, 3.63) is 0 Å². The van der Waals surface area contributed by atoms with Gasteiger partial charge in [-0.2, -0.15) is 0 Å². The predicted octanol–water partition coefficient (Wildman–Crippen LogP) is 0.504. The lowest BCUT2D eigenvalue weighted by Gasteiger charge is -2.28. The summed E-state index contributed by atoms with van der Waals surface area (Å²) in [5.74, 6) is 0. The molecule has 0 aromatic rings. The first kappa shape index (κ1) is 10.4. The van der Waals surface area contributed by atoms with Crippen LogP contribution in [0.2, 0.25) is 0 Å². The summed E-state index contributed by atoms with van der Waals surface area (Å²) in [7, 11) is 2.27. The third-order valence-corrected chi connectivity index (χ3v) is 3.58. The molecule has 0 radical (unpaired) electrons. The number of nitrogens with two attached hydrogens (primary N) is 1. The second kappa shape index (κ2) is 4.60. The molecule has 2 fully saturated rings. The molecule has 1 heterocycles. The molecular weight excluding hydrogens is 174 g/mol. The lowest BCUT2D eigenvalue weighted by Crippen LogP contribution is -2.41. The van der Waals surface area contributed by atoms with Gasteiger partial charge in [0, 0.05) is 31.7 Å². The van der Waals surface area contributed by atoms with Crippen molar-refractivity contribution in [2.75, 3.05) is 33.2 Å². The fourth-order valence-electron chi connectivity index (χ4n) is 2.56. The lowest BCUT2D eigenvalue weighted by molar-refractivity contribution is 0.191. The van der Waals surface area contributed by atoms with E-state index < -0.39 is 0 Å². The Balaban J connectivity index is 1.77. The van der Waals surface area contributed by atoms with Crippen molar-refractivity contribution in [2.24, 2.45) is 5.73 Å². The van der Waals surface area contributed by atoms with Crippen LogP contribution in [0.1, 0.15) is 25.7 Å². The highest BCUT2D eigenvalue weighted by molar-refractivity contribution is 4.88. The van der Waals surface area contributed by atoms with Gasteiger partial charge in [-0.15, -0.1) is 0 Å². The summed E-state index contributed by atoms with van der Waals surface area (Å²) < 4.78 is 0. The molecule has 0 spiro atoms. The van der Waals surface area contributed by atoms with E-state index in [4.69, 9.17) is 5.73 Å². The Morgan fingerprint density at radius 3 is 2.79 bits per heavy atom. The zero-order valence-electron chi connectivity index (χ0n) is 9.28. The van der Waals surface area contributed by atoms with Crippen LogP contribution in [-0.2, 0) is 0 Å². The molecule has 0 amide bonds. The molecule has 2 N–H and O–H groups in total. The topological polar surface area (TPSA) is 32.5 Å². The Labute approximate surface area is 87.2 Å². The molecule has 1 saturated carbocycles. The average Bonchev–Trinajstić information content (AvgIpc) is 2.93. The van der Waals surface area contributed by atoms with Crippen molar-refractivity contribution in [3.63, 3.8) is 0 Å². The van der Waals surface area contributed by atoms with Crippen molar-refractivity contribution < 1.29 is 0 Å². The Bertz CT molecular complexity index is 179. The van der Waals surface area contributed by atoms with Crippen LogP contribution in [-0.4, -0.2) is 55.1 Å². The lowest BCUT2D eigenvalue weighted by atomic mass is 10.2. The predicted molar refractivity (Wildman–Crippen MR) is 59.3 cm³/mol. The van der Waals surface area contributed by atoms with Gasteiger partial charge in [0.2, 0.25) is 0 Å². The number of hydrogen-bond acceptors (Lipinski definition) is 3. The molecule has 1 aliphatic carbocycles. The standard InChI is InChI=1S/C11H23N3/c1-13(10-4-5-10)9-11-3-2-7-14(11)8-6-12/h10-11H,2-9,12H2,1H3. The van der Waals surface area contributed by atoms with E-state index in [9.17, 15) is 0 Å². The maximum absolute atomic E-state index is 5.62. The minimum absolute atomic E-state index is 0.782. The van der Waals surface area contributed by atoms with Crippen molar-refractivity contribution >= 4 is 0 Å². The van der Waals surface area contributed by atoms with E-state index in [1.165, 1.54) is 38.8 Å². The van der Waals surface area contributed by atoms with Gasteiger partial charge in [-0.1, -0.05) is 0 Å². The normalized spacial score (nSPS) is 28.9. The first-order valence-electron chi connectivity index (χ1n) is 5.95. The summed E-state index contributed by atoms with van der Waals surface area (Å²) >= 11 is 0. The molecule has 82 valence electrons. The van der Waals surface area contributed by atoms with Crippen LogP contribution >= 0.6 is 0 Å². The van der Waals surface area contributed by atoms with Gasteiger partial charge in [0.05, 0.1) is 0 Å².